The summed E-state index contributed by atoms with van der Waals surface area (Å²) in [5.74, 6) is 3.07. The molecule has 0 saturated carbocycles. The van der Waals surface area contributed by atoms with Crippen molar-refractivity contribution in [2.24, 2.45) is 7.05 Å². The fourth-order valence-electron chi connectivity index (χ4n) is 1.82. The van der Waals surface area contributed by atoms with Gasteiger partial charge in [-0.3, -0.25) is 0 Å². The molecule has 0 bridgehead atoms. The first kappa shape index (κ1) is 20.2. The average molecular weight is 353 g/mol. The fourth-order valence-corrected chi connectivity index (χ4v) is 2.67. The highest BCUT2D eigenvalue weighted by Gasteiger charge is 2.07. The van der Waals surface area contributed by atoms with E-state index in [0.717, 1.165) is 42.1 Å². The molecule has 0 unspecified atom stereocenters. The molecule has 0 saturated heterocycles. The van der Waals surface area contributed by atoms with Crippen molar-refractivity contribution in [3.05, 3.63) is 24.0 Å². The predicted octanol–water partition coefficient (Wildman–Crippen LogP) is 2.07. The van der Waals surface area contributed by atoms with E-state index in [1.54, 1.807) is 11.8 Å². The Labute approximate surface area is 141 Å². The van der Waals surface area contributed by atoms with E-state index < -0.39 is 0 Å². The molecule has 0 radical (unpaired) electrons. The number of halogens is 2. The third-order valence-electron chi connectivity index (χ3n) is 2.96. The van der Waals surface area contributed by atoms with Crippen LogP contribution in [-0.2, 0) is 20.1 Å². The monoisotopic (exact) mass is 352 g/mol. The van der Waals surface area contributed by atoms with Crippen LogP contribution < -0.4 is 5.32 Å². The minimum absolute atomic E-state index is 0. The second kappa shape index (κ2) is 10.0. The first-order chi connectivity index (χ1) is 9.22. The van der Waals surface area contributed by atoms with Gasteiger partial charge in [0, 0.05) is 31.7 Å². The molecule has 0 aliphatic heterocycles. The van der Waals surface area contributed by atoms with Crippen LogP contribution in [0.5, 0.6) is 0 Å². The first-order valence-electron chi connectivity index (χ1n) is 6.35. The first-order valence-corrected chi connectivity index (χ1v) is 7.34. The van der Waals surface area contributed by atoms with E-state index in [9.17, 15) is 0 Å². The summed E-state index contributed by atoms with van der Waals surface area (Å²) >= 11 is 1.75. The minimum atomic E-state index is 0. The zero-order valence-electron chi connectivity index (χ0n) is 12.4. The number of hydrogen-bond acceptors (Lipinski definition) is 5. The number of aryl methyl sites for hydroxylation is 2. The van der Waals surface area contributed by atoms with Crippen molar-refractivity contribution < 1.29 is 0 Å². The van der Waals surface area contributed by atoms with E-state index in [2.05, 4.69) is 25.1 Å². The van der Waals surface area contributed by atoms with Gasteiger partial charge in [0.1, 0.15) is 11.6 Å². The highest BCUT2D eigenvalue weighted by molar-refractivity contribution is 7.99. The molecular formula is C12H22Cl2N6S. The molecule has 1 N–H and O–H groups in total. The molecule has 0 amide bonds. The average Bonchev–Trinajstić information content (AvgIpc) is 2.95. The lowest BCUT2D eigenvalue weighted by Gasteiger charge is -2.05. The van der Waals surface area contributed by atoms with Crippen LogP contribution in [0, 0.1) is 6.92 Å². The molecule has 0 aliphatic carbocycles. The quantitative estimate of drug-likeness (QED) is 0.610. The highest BCUT2D eigenvalue weighted by atomic mass is 35.5. The highest BCUT2D eigenvalue weighted by Crippen LogP contribution is 2.16. The van der Waals surface area contributed by atoms with Gasteiger partial charge in [-0.15, -0.1) is 35.0 Å². The van der Waals surface area contributed by atoms with Gasteiger partial charge < -0.3 is 14.5 Å². The van der Waals surface area contributed by atoms with Crippen molar-refractivity contribution in [2.45, 2.75) is 31.6 Å². The molecule has 0 aromatic carbocycles. The molecule has 21 heavy (non-hydrogen) atoms. The SMILES string of the molecule is CNCc1nnc(SCCCn2ccnc2C)n1C.Cl.Cl. The summed E-state index contributed by atoms with van der Waals surface area (Å²) in [6.45, 7) is 3.78. The molecule has 120 valence electrons. The Balaban J connectivity index is 0.00000200. The Morgan fingerprint density at radius 3 is 2.67 bits per heavy atom. The zero-order chi connectivity index (χ0) is 13.7. The normalized spacial score (nSPS) is 10.0. The summed E-state index contributed by atoms with van der Waals surface area (Å²) < 4.78 is 4.22. The van der Waals surface area contributed by atoms with E-state index >= 15 is 0 Å². The van der Waals surface area contributed by atoms with Crippen molar-refractivity contribution in [3.63, 3.8) is 0 Å². The number of imidazole rings is 1. The third-order valence-corrected chi connectivity index (χ3v) is 4.06. The van der Waals surface area contributed by atoms with Crippen molar-refractivity contribution >= 4 is 36.6 Å². The van der Waals surface area contributed by atoms with Gasteiger partial charge in [0.05, 0.1) is 6.54 Å². The van der Waals surface area contributed by atoms with E-state index in [1.807, 2.05) is 38.0 Å². The second-order valence-electron chi connectivity index (χ2n) is 4.36. The number of nitrogens with zero attached hydrogens (tertiary/aromatic N) is 5. The topological polar surface area (TPSA) is 60.6 Å². The second-order valence-corrected chi connectivity index (χ2v) is 5.42. The molecule has 6 nitrogen and oxygen atoms in total. The van der Waals surface area contributed by atoms with Gasteiger partial charge >= 0.3 is 0 Å². The van der Waals surface area contributed by atoms with Crippen molar-refractivity contribution in [2.75, 3.05) is 12.8 Å². The van der Waals surface area contributed by atoms with Crippen LogP contribution in [0.3, 0.4) is 0 Å². The number of nitrogens with one attached hydrogen (secondary N) is 1. The Morgan fingerprint density at radius 2 is 2.05 bits per heavy atom. The van der Waals surface area contributed by atoms with Crippen molar-refractivity contribution in [1.82, 2.24) is 29.6 Å². The summed E-state index contributed by atoms with van der Waals surface area (Å²) in [5, 5.41) is 12.4. The summed E-state index contributed by atoms with van der Waals surface area (Å²) in [4.78, 5) is 4.21. The Morgan fingerprint density at radius 1 is 1.29 bits per heavy atom. The maximum absolute atomic E-state index is 4.21. The minimum Gasteiger partial charge on any atom is -0.335 e. The molecule has 2 heterocycles. The van der Waals surface area contributed by atoms with Gasteiger partial charge in [-0.2, -0.15) is 0 Å². The molecular weight excluding hydrogens is 331 g/mol. The number of rotatable bonds is 7. The number of thioether (sulfide) groups is 1. The van der Waals surface area contributed by atoms with E-state index in [-0.39, 0.29) is 24.8 Å². The van der Waals surface area contributed by atoms with Crippen LogP contribution in [0.25, 0.3) is 0 Å². The van der Waals surface area contributed by atoms with Gasteiger partial charge in [-0.1, -0.05) is 11.8 Å². The maximum atomic E-state index is 4.21. The zero-order valence-corrected chi connectivity index (χ0v) is 14.9. The standard InChI is InChI=1S/C12H20N6S.2ClH/c1-10-14-5-7-18(10)6-4-8-19-12-16-15-11(9-13-2)17(12)3;;/h5,7,13H,4,6,8-9H2,1-3H3;2*1H. The molecule has 0 fully saturated rings. The van der Waals surface area contributed by atoms with Crippen LogP contribution >= 0.6 is 36.6 Å². The molecule has 0 spiro atoms. The van der Waals surface area contributed by atoms with Crippen LogP contribution in [0.2, 0.25) is 0 Å². The summed E-state index contributed by atoms with van der Waals surface area (Å²) in [6.07, 6.45) is 4.96. The van der Waals surface area contributed by atoms with Crippen molar-refractivity contribution in [1.29, 1.82) is 0 Å². The largest absolute Gasteiger partial charge is 0.335 e. The van der Waals surface area contributed by atoms with Gasteiger partial charge in [-0.05, 0) is 20.4 Å². The Bertz CT molecular complexity index is 528. The number of aromatic nitrogens is 5. The van der Waals surface area contributed by atoms with Gasteiger partial charge in [0.2, 0.25) is 0 Å². The lowest BCUT2D eigenvalue weighted by molar-refractivity contribution is 0.659. The van der Waals surface area contributed by atoms with Crippen LogP contribution in [0.1, 0.15) is 18.1 Å². The van der Waals surface area contributed by atoms with Gasteiger partial charge in [0.15, 0.2) is 5.16 Å². The summed E-state index contributed by atoms with van der Waals surface area (Å²) in [5.41, 5.74) is 0. The van der Waals surface area contributed by atoms with E-state index in [0.29, 0.717) is 0 Å². The Kier molecular flexibility index (Phi) is 9.68. The maximum Gasteiger partial charge on any atom is 0.190 e. The predicted molar refractivity (Wildman–Crippen MR) is 90.6 cm³/mol. The van der Waals surface area contributed by atoms with Crippen LogP contribution in [0.4, 0.5) is 0 Å². The molecule has 2 aromatic rings. The van der Waals surface area contributed by atoms with E-state index in [1.165, 1.54) is 0 Å². The molecule has 2 aromatic heterocycles. The summed E-state index contributed by atoms with van der Waals surface area (Å²) in [6, 6.07) is 0. The number of hydrogen-bond donors (Lipinski definition) is 1. The third kappa shape index (κ3) is 5.50. The molecule has 2 rings (SSSR count). The summed E-state index contributed by atoms with van der Waals surface area (Å²) in [7, 11) is 3.92. The smallest absolute Gasteiger partial charge is 0.190 e. The Hall–Kier alpha value is -0.760. The van der Waals surface area contributed by atoms with Crippen LogP contribution in [-0.4, -0.2) is 37.1 Å². The van der Waals surface area contributed by atoms with Crippen LogP contribution in [0.15, 0.2) is 17.6 Å². The van der Waals surface area contributed by atoms with Gasteiger partial charge in [-0.25, -0.2) is 4.98 Å². The molecule has 0 aliphatic rings. The lowest BCUT2D eigenvalue weighted by atomic mass is 10.4. The lowest BCUT2D eigenvalue weighted by Crippen LogP contribution is -2.10. The van der Waals surface area contributed by atoms with Crippen molar-refractivity contribution in [3.8, 4) is 0 Å². The molecule has 0 atom stereocenters. The van der Waals surface area contributed by atoms with Gasteiger partial charge in [0.25, 0.3) is 0 Å². The van der Waals surface area contributed by atoms with E-state index in [4.69, 9.17) is 0 Å². The molecule has 9 heteroatoms. The fraction of sp³-hybridized carbons (Fsp3) is 0.583.